The molecule has 0 saturated carbocycles. The average Bonchev–Trinajstić information content (AvgIpc) is 2.93. The van der Waals surface area contributed by atoms with Crippen LogP contribution in [0, 0.1) is 17.2 Å². The second-order valence-electron chi connectivity index (χ2n) is 5.42. The Morgan fingerprint density at radius 2 is 2.19 bits per heavy atom. The second-order valence-corrected chi connectivity index (χ2v) is 7.23. The molecule has 1 aliphatic heterocycles. The zero-order valence-electron chi connectivity index (χ0n) is 12.2. The highest BCUT2D eigenvalue weighted by atomic mass is 32.2. The van der Waals surface area contributed by atoms with Crippen molar-refractivity contribution in [2.45, 2.75) is 19.1 Å². The molecule has 1 aromatic carbocycles. The van der Waals surface area contributed by atoms with Crippen molar-refractivity contribution in [2.75, 3.05) is 26.2 Å². The smallest absolute Gasteiger partial charge is 0.215 e. The fourth-order valence-corrected chi connectivity index (χ4v) is 3.88. The van der Waals surface area contributed by atoms with Crippen LogP contribution in [0.3, 0.4) is 0 Å². The summed E-state index contributed by atoms with van der Waals surface area (Å²) in [6.07, 6.45) is 1.03. The Labute approximate surface area is 126 Å². The highest BCUT2D eigenvalue weighted by Crippen LogP contribution is 2.16. The van der Waals surface area contributed by atoms with Crippen molar-refractivity contribution in [3.8, 4) is 6.07 Å². The van der Waals surface area contributed by atoms with Crippen molar-refractivity contribution in [2.24, 2.45) is 5.92 Å². The standard InChI is InChI=1S/C15H21N3O2S/c1-2-18-8-7-13(11-18)10-17-21(19,20)12-15-6-4-3-5-14(15)9-16/h3-6,13,17H,2,7-8,10-12H2,1H3. The third kappa shape index (κ3) is 4.53. The average molecular weight is 307 g/mol. The summed E-state index contributed by atoms with van der Waals surface area (Å²) in [5.74, 6) is 0.243. The lowest BCUT2D eigenvalue weighted by Gasteiger charge is -2.14. The summed E-state index contributed by atoms with van der Waals surface area (Å²) in [5, 5.41) is 9.00. The van der Waals surface area contributed by atoms with Gasteiger partial charge in [0.1, 0.15) is 0 Å². The van der Waals surface area contributed by atoms with Crippen molar-refractivity contribution < 1.29 is 8.42 Å². The maximum Gasteiger partial charge on any atom is 0.215 e. The molecule has 0 bridgehead atoms. The minimum atomic E-state index is -3.40. The number of nitrogens with zero attached hydrogens (tertiary/aromatic N) is 2. The van der Waals surface area contributed by atoms with E-state index in [-0.39, 0.29) is 5.75 Å². The number of hydrogen-bond donors (Lipinski definition) is 1. The molecule has 1 aliphatic rings. The van der Waals surface area contributed by atoms with Crippen LogP contribution in [0.25, 0.3) is 0 Å². The number of nitriles is 1. The van der Waals surface area contributed by atoms with Gasteiger partial charge in [-0.25, -0.2) is 13.1 Å². The molecule has 2 rings (SSSR count). The van der Waals surface area contributed by atoms with Gasteiger partial charge < -0.3 is 4.90 Å². The first-order valence-corrected chi connectivity index (χ1v) is 8.87. The van der Waals surface area contributed by atoms with Crippen LogP contribution >= 0.6 is 0 Å². The molecule has 0 radical (unpaired) electrons. The number of rotatable bonds is 6. The maximum atomic E-state index is 12.1. The maximum absolute atomic E-state index is 12.1. The summed E-state index contributed by atoms with van der Waals surface area (Å²) < 4.78 is 27.0. The van der Waals surface area contributed by atoms with Crippen LogP contribution in [0.4, 0.5) is 0 Å². The van der Waals surface area contributed by atoms with E-state index in [1.54, 1.807) is 24.3 Å². The van der Waals surface area contributed by atoms with Crippen molar-refractivity contribution >= 4 is 10.0 Å². The number of likely N-dealkylation sites (tertiary alicyclic amines) is 1. The fourth-order valence-electron chi connectivity index (χ4n) is 2.62. The summed E-state index contributed by atoms with van der Waals surface area (Å²) in [7, 11) is -3.40. The Bertz CT molecular complexity index is 622. The lowest BCUT2D eigenvalue weighted by molar-refractivity contribution is 0.342. The van der Waals surface area contributed by atoms with Crippen molar-refractivity contribution in [1.82, 2.24) is 9.62 Å². The lowest BCUT2D eigenvalue weighted by atomic mass is 10.1. The van der Waals surface area contributed by atoms with Gasteiger partial charge in [0.25, 0.3) is 0 Å². The Balaban J connectivity index is 1.92. The molecule has 1 fully saturated rings. The van der Waals surface area contributed by atoms with Crippen LogP contribution in [0.1, 0.15) is 24.5 Å². The highest BCUT2D eigenvalue weighted by molar-refractivity contribution is 7.88. The molecule has 0 spiro atoms. The predicted octanol–water partition coefficient (Wildman–Crippen LogP) is 1.32. The summed E-state index contributed by atoms with van der Waals surface area (Å²) in [6, 6.07) is 8.84. The van der Waals surface area contributed by atoms with Gasteiger partial charge in [-0.05, 0) is 37.1 Å². The monoisotopic (exact) mass is 307 g/mol. The van der Waals surface area contributed by atoms with Crippen LogP contribution in [0.5, 0.6) is 0 Å². The largest absolute Gasteiger partial charge is 0.303 e. The van der Waals surface area contributed by atoms with E-state index in [0.29, 0.717) is 23.6 Å². The van der Waals surface area contributed by atoms with Gasteiger partial charge in [-0.2, -0.15) is 5.26 Å². The van der Waals surface area contributed by atoms with Crippen molar-refractivity contribution in [3.63, 3.8) is 0 Å². The van der Waals surface area contributed by atoms with Crippen LogP contribution < -0.4 is 4.72 Å². The van der Waals surface area contributed by atoms with Gasteiger partial charge in [0.05, 0.1) is 17.4 Å². The summed E-state index contributed by atoms with van der Waals surface area (Å²) >= 11 is 0. The molecule has 1 unspecified atom stereocenters. The topological polar surface area (TPSA) is 73.2 Å². The fraction of sp³-hybridized carbons (Fsp3) is 0.533. The van der Waals surface area contributed by atoms with E-state index in [1.165, 1.54) is 0 Å². The molecular formula is C15H21N3O2S. The summed E-state index contributed by atoms with van der Waals surface area (Å²) in [5.41, 5.74) is 0.968. The predicted molar refractivity (Wildman–Crippen MR) is 82.0 cm³/mol. The first-order valence-electron chi connectivity index (χ1n) is 7.21. The summed E-state index contributed by atoms with van der Waals surface area (Å²) in [4.78, 5) is 2.32. The molecule has 1 saturated heterocycles. The van der Waals surface area contributed by atoms with Gasteiger partial charge in [0, 0.05) is 13.1 Å². The van der Waals surface area contributed by atoms with E-state index in [2.05, 4.69) is 16.5 Å². The van der Waals surface area contributed by atoms with Crippen LogP contribution in [-0.4, -0.2) is 39.5 Å². The molecule has 21 heavy (non-hydrogen) atoms. The molecule has 6 heteroatoms. The van der Waals surface area contributed by atoms with Gasteiger partial charge >= 0.3 is 0 Å². The van der Waals surface area contributed by atoms with E-state index in [4.69, 9.17) is 5.26 Å². The van der Waals surface area contributed by atoms with E-state index >= 15 is 0 Å². The number of benzene rings is 1. The SMILES string of the molecule is CCN1CCC(CNS(=O)(=O)Cc2ccccc2C#N)C1. The summed E-state index contributed by atoms with van der Waals surface area (Å²) in [6.45, 7) is 5.60. The van der Waals surface area contributed by atoms with Gasteiger partial charge in [0.15, 0.2) is 0 Å². The van der Waals surface area contributed by atoms with Gasteiger partial charge in [-0.3, -0.25) is 0 Å². The second kappa shape index (κ2) is 7.03. The molecule has 0 aliphatic carbocycles. The van der Waals surface area contributed by atoms with E-state index in [0.717, 1.165) is 26.1 Å². The third-order valence-corrected chi connectivity index (χ3v) is 5.19. The Morgan fingerprint density at radius 3 is 2.86 bits per heavy atom. The van der Waals surface area contributed by atoms with Crippen LogP contribution in [0.2, 0.25) is 0 Å². The Hall–Kier alpha value is -1.42. The molecule has 0 aromatic heterocycles. The Morgan fingerprint density at radius 1 is 1.43 bits per heavy atom. The lowest BCUT2D eigenvalue weighted by Crippen LogP contribution is -2.32. The molecule has 0 amide bonds. The van der Waals surface area contributed by atoms with Crippen LogP contribution in [-0.2, 0) is 15.8 Å². The molecular weight excluding hydrogens is 286 g/mol. The minimum Gasteiger partial charge on any atom is -0.303 e. The molecule has 1 N–H and O–H groups in total. The van der Waals surface area contributed by atoms with E-state index in [9.17, 15) is 8.42 Å². The van der Waals surface area contributed by atoms with E-state index in [1.807, 2.05) is 6.07 Å². The minimum absolute atomic E-state index is 0.138. The first-order chi connectivity index (χ1) is 10.0. The van der Waals surface area contributed by atoms with Gasteiger partial charge in [-0.15, -0.1) is 0 Å². The van der Waals surface area contributed by atoms with Gasteiger partial charge in [-0.1, -0.05) is 25.1 Å². The number of nitrogens with one attached hydrogen (secondary N) is 1. The zero-order valence-corrected chi connectivity index (χ0v) is 13.1. The number of sulfonamides is 1. The molecule has 1 heterocycles. The normalized spacial score (nSPS) is 19.5. The van der Waals surface area contributed by atoms with Crippen molar-refractivity contribution in [3.05, 3.63) is 35.4 Å². The molecule has 1 atom stereocenters. The first kappa shape index (κ1) is 16.0. The van der Waals surface area contributed by atoms with Gasteiger partial charge in [0.2, 0.25) is 10.0 Å². The number of hydrogen-bond acceptors (Lipinski definition) is 4. The van der Waals surface area contributed by atoms with E-state index < -0.39 is 10.0 Å². The molecule has 5 nitrogen and oxygen atoms in total. The zero-order chi connectivity index (χ0) is 15.3. The molecule has 1 aromatic rings. The highest BCUT2D eigenvalue weighted by Gasteiger charge is 2.23. The van der Waals surface area contributed by atoms with Crippen molar-refractivity contribution in [1.29, 1.82) is 5.26 Å². The Kier molecular flexibility index (Phi) is 5.34. The van der Waals surface area contributed by atoms with Crippen LogP contribution in [0.15, 0.2) is 24.3 Å². The quantitative estimate of drug-likeness (QED) is 0.860. The third-order valence-electron chi connectivity index (χ3n) is 3.89. The molecule has 114 valence electrons.